The van der Waals surface area contributed by atoms with E-state index in [2.05, 4.69) is 6.92 Å². The molecule has 0 aliphatic heterocycles. The Labute approximate surface area is 153 Å². The molecule has 3 nitrogen and oxygen atoms in total. The second-order valence-electron chi connectivity index (χ2n) is 7.20. The molecule has 1 aliphatic carbocycles. The van der Waals surface area contributed by atoms with Crippen LogP contribution in [-0.2, 0) is 0 Å². The van der Waals surface area contributed by atoms with E-state index in [1.54, 1.807) is 0 Å². The van der Waals surface area contributed by atoms with Crippen LogP contribution in [0.15, 0.2) is 24.3 Å². The van der Waals surface area contributed by atoms with Crippen LogP contribution in [0.3, 0.4) is 0 Å². The highest BCUT2D eigenvalue weighted by Gasteiger charge is 2.38. The third-order valence-corrected chi connectivity index (χ3v) is 5.08. The van der Waals surface area contributed by atoms with Crippen LogP contribution in [0, 0.1) is 0 Å². The molecule has 0 bridgehead atoms. The van der Waals surface area contributed by atoms with Gasteiger partial charge in [0.1, 0.15) is 0 Å². The molecule has 0 saturated heterocycles. The van der Waals surface area contributed by atoms with Crippen LogP contribution in [0.2, 0.25) is 0 Å². The summed E-state index contributed by atoms with van der Waals surface area (Å²) in [6.45, 7) is 3.83. The van der Waals surface area contributed by atoms with Crippen molar-refractivity contribution in [2.45, 2.75) is 76.6 Å². The number of amides is 1. The van der Waals surface area contributed by atoms with Crippen LogP contribution in [0.1, 0.15) is 74.2 Å². The molecule has 1 aromatic carbocycles. The summed E-state index contributed by atoms with van der Waals surface area (Å²) < 4.78 is 38.6. The molecule has 6 heteroatoms. The van der Waals surface area contributed by atoms with Crippen molar-refractivity contribution >= 4 is 5.91 Å². The van der Waals surface area contributed by atoms with Gasteiger partial charge in [-0.2, -0.15) is 13.2 Å². The van der Waals surface area contributed by atoms with Crippen LogP contribution >= 0.6 is 0 Å². The van der Waals surface area contributed by atoms with E-state index in [0.29, 0.717) is 12.1 Å². The van der Waals surface area contributed by atoms with E-state index in [-0.39, 0.29) is 23.6 Å². The molecule has 2 atom stereocenters. The summed E-state index contributed by atoms with van der Waals surface area (Å²) in [5, 5.41) is 0. The van der Waals surface area contributed by atoms with Crippen LogP contribution in [0.25, 0.3) is 0 Å². The first-order valence-electron chi connectivity index (χ1n) is 9.49. The highest BCUT2D eigenvalue weighted by Crippen LogP contribution is 2.35. The van der Waals surface area contributed by atoms with E-state index >= 15 is 0 Å². The van der Waals surface area contributed by atoms with Gasteiger partial charge in [-0.15, -0.1) is 0 Å². The van der Waals surface area contributed by atoms with Crippen molar-refractivity contribution < 1.29 is 18.0 Å². The van der Waals surface area contributed by atoms with Gasteiger partial charge in [0.2, 0.25) is 0 Å². The molecule has 1 amide bonds. The third kappa shape index (κ3) is 5.22. The molecule has 0 radical (unpaired) electrons. The topological polar surface area (TPSA) is 46.3 Å². The quantitative estimate of drug-likeness (QED) is 0.674. The Hall–Kier alpha value is -1.56. The van der Waals surface area contributed by atoms with E-state index < -0.39 is 12.1 Å². The third-order valence-electron chi connectivity index (χ3n) is 5.08. The zero-order valence-electron chi connectivity index (χ0n) is 15.6. The number of benzene rings is 1. The Bertz CT molecular complexity index is 582. The van der Waals surface area contributed by atoms with Gasteiger partial charge in [-0.3, -0.25) is 4.79 Å². The van der Waals surface area contributed by atoms with Crippen molar-refractivity contribution in [1.29, 1.82) is 0 Å². The largest absolute Gasteiger partial charge is 0.395 e. The van der Waals surface area contributed by atoms with Gasteiger partial charge in [-0.25, -0.2) is 0 Å². The smallest absolute Gasteiger partial charge is 0.333 e. The molecular weight excluding hydrogens is 341 g/mol. The standard InChI is InChI=1S/C20H29F3N2O/c1-3-5-17(6-4-13-24)25(18-11-12-18)19(26)16-9-7-15(8-10-16)14(2)20(21,22)23/h7-10,14,17-18H,3-6,11-13,24H2,1-2H3. The average molecular weight is 370 g/mol. The number of nitrogens with two attached hydrogens (primary N) is 1. The second kappa shape index (κ2) is 8.89. The lowest BCUT2D eigenvalue weighted by Gasteiger charge is -2.32. The molecule has 26 heavy (non-hydrogen) atoms. The number of halogens is 3. The molecular formula is C20H29F3N2O. The Morgan fingerprint density at radius 2 is 1.85 bits per heavy atom. The molecule has 2 rings (SSSR count). The molecule has 0 spiro atoms. The molecule has 0 aromatic heterocycles. The van der Waals surface area contributed by atoms with E-state index in [1.807, 2.05) is 4.90 Å². The Kier molecular flexibility index (Phi) is 7.09. The first-order chi connectivity index (χ1) is 12.3. The minimum atomic E-state index is -4.28. The molecule has 1 saturated carbocycles. The summed E-state index contributed by atoms with van der Waals surface area (Å²) in [6.07, 6.45) is 1.35. The van der Waals surface area contributed by atoms with Crippen LogP contribution in [0.5, 0.6) is 0 Å². The lowest BCUT2D eigenvalue weighted by Crippen LogP contribution is -2.42. The number of carbonyl (C=O) groups is 1. The van der Waals surface area contributed by atoms with Crippen LogP contribution in [-0.4, -0.2) is 35.6 Å². The Balaban J connectivity index is 2.18. The van der Waals surface area contributed by atoms with Gasteiger partial charge in [0.25, 0.3) is 5.91 Å². The van der Waals surface area contributed by atoms with Crippen molar-refractivity contribution in [3.8, 4) is 0 Å². The monoisotopic (exact) mass is 370 g/mol. The number of nitrogens with zero attached hydrogens (tertiary/aromatic N) is 1. The maximum Gasteiger partial charge on any atom is 0.395 e. The molecule has 146 valence electrons. The van der Waals surface area contributed by atoms with E-state index in [9.17, 15) is 18.0 Å². The summed E-state index contributed by atoms with van der Waals surface area (Å²) in [7, 11) is 0. The average Bonchev–Trinajstić information content (AvgIpc) is 3.43. The first-order valence-corrected chi connectivity index (χ1v) is 9.49. The summed E-state index contributed by atoms with van der Waals surface area (Å²) in [4.78, 5) is 15.0. The number of hydrogen-bond donors (Lipinski definition) is 1. The van der Waals surface area contributed by atoms with Gasteiger partial charge in [0.05, 0.1) is 5.92 Å². The minimum absolute atomic E-state index is 0.0748. The fraction of sp³-hybridized carbons (Fsp3) is 0.650. The fourth-order valence-electron chi connectivity index (χ4n) is 3.34. The molecule has 2 unspecified atom stereocenters. The number of alkyl halides is 3. The molecule has 1 aromatic rings. The zero-order valence-corrected chi connectivity index (χ0v) is 15.6. The van der Waals surface area contributed by atoms with Crippen molar-refractivity contribution in [3.63, 3.8) is 0 Å². The maximum absolute atomic E-state index is 13.1. The minimum Gasteiger partial charge on any atom is -0.333 e. The van der Waals surface area contributed by atoms with E-state index in [4.69, 9.17) is 5.73 Å². The fourth-order valence-corrected chi connectivity index (χ4v) is 3.34. The number of rotatable bonds is 9. The molecule has 2 N–H and O–H groups in total. The van der Waals surface area contributed by atoms with Gasteiger partial charge < -0.3 is 10.6 Å². The number of hydrogen-bond acceptors (Lipinski definition) is 2. The first kappa shape index (κ1) is 20.7. The summed E-state index contributed by atoms with van der Waals surface area (Å²) in [5.74, 6) is -1.61. The van der Waals surface area contributed by atoms with Crippen molar-refractivity contribution in [1.82, 2.24) is 4.90 Å². The molecule has 1 fully saturated rings. The zero-order chi connectivity index (χ0) is 19.3. The Morgan fingerprint density at radius 3 is 2.31 bits per heavy atom. The van der Waals surface area contributed by atoms with Gasteiger partial charge in [0.15, 0.2) is 0 Å². The lowest BCUT2D eigenvalue weighted by molar-refractivity contribution is -0.146. The van der Waals surface area contributed by atoms with Gasteiger partial charge in [-0.05, 0) is 63.3 Å². The summed E-state index contributed by atoms with van der Waals surface area (Å²) >= 11 is 0. The number of carbonyl (C=O) groups excluding carboxylic acids is 1. The Morgan fingerprint density at radius 1 is 1.23 bits per heavy atom. The predicted octanol–water partition coefficient (Wildman–Crippen LogP) is 4.86. The van der Waals surface area contributed by atoms with E-state index in [1.165, 1.54) is 24.3 Å². The highest BCUT2D eigenvalue weighted by atomic mass is 19.4. The van der Waals surface area contributed by atoms with Gasteiger partial charge in [-0.1, -0.05) is 25.5 Å². The highest BCUT2D eigenvalue weighted by molar-refractivity contribution is 5.95. The maximum atomic E-state index is 13.1. The summed E-state index contributed by atoms with van der Waals surface area (Å²) in [5.41, 5.74) is 6.28. The van der Waals surface area contributed by atoms with Gasteiger partial charge >= 0.3 is 6.18 Å². The summed E-state index contributed by atoms with van der Waals surface area (Å²) in [6, 6.07) is 6.31. The van der Waals surface area contributed by atoms with Crippen LogP contribution in [0.4, 0.5) is 13.2 Å². The van der Waals surface area contributed by atoms with E-state index in [0.717, 1.165) is 45.4 Å². The SMILES string of the molecule is CCCC(CCCN)N(C(=O)c1ccc(C(C)C(F)(F)F)cc1)C1CC1. The van der Waals surface area contributed by atoms with Crippen molar-refractivity contribution in [2.75, 3.05) is 6.54 Å². The lowest BCUT2D eigenvalue weighted by atomic mass is 9.98. The van der Waals surface area contributed by atoms with Crippen molar-refractivity contribution in [2.24, 2.45) is 5.73 Å². The molecule has 0 heterocycles. The predicted molar refractivity (Wildman–Crippen MR) is 97.1 cm³/mol. The van der Waals surface area contributed by atoms with Gasteiger partial charge in [0, 0.05) is 17.6 Å². The van der Waals surface area contributed by atoms with Crippen LogP contribution < -0.4 is 5.73 Å². The molecule has 1 aliphatic rings. The normalized spacial score (nSPS) is 17.0. The van der Waals surface area contributed by atoms with Crippen molar-refractivity contribution in [3.05, 3.63) is 35.4 Å². The second-order valence-corrected chi connectivity index (χ2v) is 7.20.